The minimum Gasteiger partial charge on any atom is -0.392 e. The van der Waals surface area contributed by atoms with Gasteiger partial charge in [-0.25, -0.2) is 9.78 Å². The number of carbonyl (C=O) groups excluding carboxylic acids is 1. The summed E-state index contributed by atoms with van der Waals surface area (Å²) in [5.41, 5.74) is 0.876. The number of nitrogens with one attached hydrogen (secondary N) is 1. The molecule has 0 aliphatic rings. The molecule has 102 valence electrons. The Morgan fingerprint density at radius 3 is 2.89 bits per heavy atom. The van der Waals surface area contributed by atoms with E-state index in [4.69, 9.17) is 0 Å². The van der Waals surface area contributed by atoms with Crippen LogP contribution in [0.5, 0.6) is 0 Å². The summed E-state index contributed by atoms with van der Waals surface area (Å²) >= 11 is 1.44. The maximum atomic E-state index is 12.0. The van der Waals surface area contributed by atoms with Gasteiger partial charge in [0.15, 0.2) is 5.13 Å². The summed E-state index contributed by atoms with van der Waals surface area (Å²) in [4.78, 5) is 17.9. The molecule has 0 radical (unpaired) electrons. The number of thiazole rings is 1. The summed E-state index contributed by atoms with van der Waals surface area (Å²) in [6.07, 6.45) is -0.541. The van der Waals surface area contributed by atoms with Crippen LogP contribution in [-0.4, -0.2) is 40.2 Å². The highest BCUT2D eigenvalue weighted by atomic mass is 32.1. The smallest absolute Gasteiger partial charge is 0.323 e. The number of fused-ring (bicyclic) bond motifs is 1. The number of carbonyl (C=O) groups is 1. The first kappa shape index (κ1) is 13.8. The maximum Gasteiger partial charge on any atom is 0.323 e. The van der Waals surface area contributed by atoms with E-state index in [1.807, 2.05) is 31.2 Å². The topological polar surface area (TPSA) is 65.5 Å². The zero-order valence-electron chi connectivity index (χ0n) is 11.0. The van der Waals surface area contributed by atoms with Crippen LogP contribution in [0.25, 0.3) is 10.2 Å². The van der Waals surface area contributed by atoms with E-state index in [0.29, 0.717) is 18.2 Å². The normalized spacial score (nSPS) is 12.4. The van der Waals surface area contributed by atoms with E-state index in [1.165, 1.54) is 11.3 Å². The molecule has 6 heteroatoms. The van der Waals surface area contributed by atoms with Crippen LogP contribution in [0, 0.1) is 0 Å². The highest BCUT2D eigenvalue weighted by molar-refractivity contribution is 7.22. The molecule has 1 heterocycles. The molecule has 0 bridgehead atoms. The summed E-state index contributed by atoms with van der Waals surface area (Å²) in [7, 11) is 0. The molecule has 1 aromatic heterocycles. The van der Waals surface area contributed by atoms with Crippen molar-refractivity contribution in [1.82, 2.24) is 9.88 Å². The number of hydrogen-bond acceptors (Lipinski definition) is 4. The average Bonchev–Trinajstić information content (AvgIpc) is 2.77. The number of rotatable bonds is 4. The van der Waals surface area contributed by atoms with Gasteiger partial charge in [-0.05, 0) is 26.0 Å². The minimum absolute atomic E-state index is 0.234. The van der Waals surface area contributed by atoms with Crippen molar-refractivity contribution in [3.05, 3.63) is 24.3 Å². The Kier molecular flexibility index (Phi) is 4.34. The number of urea groups is 1. The Morgan fingerprint density at radius 1 is 1.53 bits per heavy atom. The summed E-state index contributed by atoms with van der Waals surface area (Å²) < 4.78 is 1.04. The molecule has 1 atom stereocenters. The molecular weight excluding hydrogens is 262 g/mol. The first-order chi connectivity index (χ1) is 9.10. The van der Waals surface area contributed by atoms with Crippen molar-refractivity contribution in [2.75, 3.05) is 18.4 Å². The molecule has 0 aliphatic heterocycles. The van der Waals surface area contributed by atoms with Gasteiger partial charge in [0.05, 0.1) is 16.3 Å². The molecule has 2 aromatic rings. The number of aromatic nitrogens is 1. The van der Waals surface area contributed by atoms with Gasteiger partial charge >= 0.3 is 6.03 Å². The lowest BCUT2D eigenvalue weighted by atomic mass is 10.3. The number of nitrogens with zero attached hydrogens (tertiary/aromatic N) is 2. The number of aliphatic hydroxyl groups excluding tert-OH is 1. The largest absolute Gasteiger partial charge is 0.392 e. The van der Waals surface area contributed by atoms with Crippen LogP contribution in [-0.2, 0) is 0 Å². The summed E-state index contributed by atoms with van der Waals surface area (Å²) in [5, 5.41) is 12.7. The zero-order valence-corrected chi connectivity index (χ0v) is 11.8. The third-order valence-corrected chi connectivity index (χ3v) is 3.61. The van der Waals surface area contributed by atoms with Crippen molar-refractivity contribution in [3.8, 4) is 0 Å². The lowest BCUT2D eigenvalue weighted by Gasteiger charge is -2.21. The molecule has 0 aliphatic carbocycles. The second-order valence-electron chi connectivity index (χ2n) is 4.30. The van der Waals surface area contributed by atoms with E-state index in [-0.39, 0.29) is 6.03 Å². The standard InChI is InChI=1S/C13H17N3O2S/c1-3-16(8-9(2)17)13(18)15-12-14-10-6-4-5-7-11(10)19-12/h4-7,9,17H,3,8H2,1-2H3,(H,14,15,18)/t9-/m0/s1. The molecule has 2 rings (SSSR count). The van der Waals surface area contributed by atoms with Crippen molar-refractivity contribution in [2.24, 2.45) is 0 Å². The van der Waals surface area contributed by atoms with Crippen molar-refractivity contribution in [3.63, 3.8) is 0 Å². The highest BCUT2D eigenvalue weighted by Crippen LogP contribution is 2.25. The van der Waals surface area contributed by atoms with Gasteiger partial charge in [0, 0.05) is 13.1 Å². The van der Waals surface area contributed by atoms with Gasteiger partial charge in [-0.3, -0.25) is 5.32 Å². The second-order valence-corrected chi connectivity index (χ2v) is 5.34. The number of hydrogen-bond donors (Lipinski definition) is 2. The van der Waals surface area contributed by atoms with Gasteiger partial charge in [0.2, 0.25) is 0 Å². The number of aliphatic hydroxyl groups is 1. The van der Waals surface area contributed by atoms with Gasteiger partial charge in [-0.15, -0.1) is 0 Å². The van der Waals surface area contributed by atoms with Crippen molar-refractivity contribution in [2.45, 2.75) is 20.0 Å². The van der Waals surface area contributed by atoms with E-state index in [0.717, 1.165) is 10.2 Å². The van der Waals surface area contributed by atoms with Crippen LogP contribution in [0.3, 0.4) is 0 Å². The molecule has 0 spiro atoms. The van der Waals surface area contributed by atoms with Gasteiger partial charge in [-0.1, -0.05) is 23.5 Å². The fourth-order valence-electron chi connectivity index (χ4n) is 1.77. The predicted molar refractivity (Wildman–Crippen MR) is 77.6 cm³/mol. The van der Waals surface area contributed by atoms with Gasteiger partial charge in [0.25, 0.3) is 0 Å². The molecular formula is C13H17N3O2S. The van der Waals surface area contributed by atoms with Crippen LogP contribution >= 0.6 is 11.3 Å². The highest BCUT2D eigenvalue weighted by Gasteiger charge is 2.15. The van der Waals surface area contributed by atoms with Crippen molar-refractivity contribution in [1.29, 1.82) is 0 Å². The first-order valence-electron chi connectivity index (χ1n) is 6.19. The van der Waals surface area contributed by atoms with E-state index in [2.05, 4.69) is 10.3 Å². The van der Waals surface area contributed by atoms with E-state index >= 15 is 0 Å². The Balaban J connectivity index is 2.09. The molecule has 0 fully saturated rings. The van der Waals surface area contributed by atoms with Crippen molar-refractivity contribution < 1.29 is 9.90 Å². The van der Waals surface area contributed by atoms with Gasteiger partial charge in [0.1, 0.15) is 0 Å². The maximum absolute atomic E-state index is 12.0. The Morgan fingerprint density at radius 2 is 2.26 bits per heavy atom. The number of amides is 2. The van der Waals surface area contributed by atoms with E-state index in [1.54, 1.807) is 11.8 Å². The van der Waals surface area contributed by atoms with Gasteiger partial charge in [-0.2, -0.15) is 0 Å². The van der Waals surface area contributed by atoms with Crippen LogP contribution in [0.15, 0.2) is 24.3 Å². The Labute approximate surface area is 115 Å². The zero-order chi connectivity index (χ0) is 13.8. The molecule has 0 saturated heterocycles. The third kappa shape index (κ3) is 3.42. The lowest BCUT2D eigenvalue weighted by Crippen LogP contribution is -2.39. The second kappa shape index (κ2) is 5.99. The molecule has 5 nitrogen and oxygen atoms in total. The lowest BCUT2D eigenvalue weighted by molar-refractivity contribution is 0.141. The molecule has 0 unspecified atom stereocenters. The molecule has 19 heavy (non-hydrogen) atoms. The summed E-state index contributed by atoms with van der Waals surface area (Å²) in [5.74, 6) is 0. The van der Waals surface area contributed by atoms with Crippen LogP contribution < -0.4 is 5.32 Å². The Bertz CT molecular complexity index is 535. The number of likely N-dealkylation sites (N-methyl/N-ethyl adjacent to an activating group) is 1. The molecule has 0 saturated carbocycles. The number of benzene rings is 1. The average molecular weight is 279 g/mol. The van der Waals surface area contributed by atoms with E-state index < -0.39 is 6.10 Å². The van der Waals surface area contributed by atoms with Crippen molar-refractivity contribution >= 4 is 32.7 Å². The quantitative estimate of drug-likeness (QED) is 0.904. The summed E-state index contributed by atoms with van der Waals surface area (Å²) in [6.45, 7) is 4.39. The van der Waals surface area contributed by atoms with Crippen LogP contribution in [0.4, 0.5) is 9.93 Å². The van der Waals surface area contributed by atoms with E-state index in [9.17, 15) is 9.90 Å². The number of para-hydroxylation sites is 1. The fraction of sp³-hybridized carbons (Fsp3) is 0.385. The molecule has 2 N–H and O–H groups in total. The third-order valence-electron chi connectivity index (χ3n) is 2.66. The minimum atomic E-state index is -0.541. The molecule has 2 amide bonds. The SMILES string of the molecule is CCN(C[C@H](C)O)C(=O)Nc1nc2ccccc2s1. The number of anilines is 1. The van der Waals surface area contributed by atoms with Crippen LogP contribution in [0.1, 0.15) is 13.8 Å². The first-order valence-corrected chi connectivity index (χ1v) is 7.01. The van der Waals surface area contributed by atoms with Crippen LogP contribution in [0.2, 0.25) is 0 Å². The Hall–Kier alpha value is -1.66. The fourth-order valence-corrected chi connectivity index (χ4v) is 2.63. The monoisotopic (exact) mass is 279 g/mol. The molecule has 1 aromatic carbocycles. The summed E-state index contributed by atoms with van der Waals surface area (Å²) in [6, 6.07) is 7.50. The van der Waals surface area contributed by atoms with Gasteiger partial charge < -0.3 is 10.0 Å². The predicted octanol–water partition coefficient (Wildman–Crippen LogP) is 2.53.